The van der Waals surface area contributed by atoms with Crippen molar-refractivity contribution in [3.63, 3.8) is 0 Å². The van der Waals surface area contributed by atoms with Gasteiger partial charge in [-0.05, 0) is 73.4 Å². The van der Waals surface area contributed by atoms with Gasteiger partial charge in [0.05, 0.1) is 6.54 Å². The minimum atomic E-state index is 0.369. The standard InChI is InChI=1S/C22H24N4O/c1-15-5-4-6-19(11-15)26-22(23)25-14-18-9-10-24-21(13-18)27-20-8-7-16(2)17(3)12-20/h4-13H,14H2,1-3H3,(H3,23,25,26). The molecule has 5 nitrogen and oxygen atoms in total. The summed E-state index contributed by atoms with van der Waals surface area (Å²) in [5.74, 6) is 1.68. The number of anilines is 1. The van der Waals surface area contributed by atoms with E-state index in [0.717, 1.165) is 22.6 Å². The molecular weight excluding hydrogens is 336 g/mol. The Morgan fingerprint density at radius 2 is 1.89 bits per heavy atom. The van der Waals surface area contributed by atoms with Crippen LogP contribution in [0.1, 0.15) is 22.3 Å². The fourth-order valence-electron chi connectivity index (χ4n) is 2.59. The van der Waals surface area contributed by atoms with Crippen molar-refractivity contribution < 1.29 is 4.74 Å². The van der Waals surface area contributed by atoms with Crippen molar-refractivity contribution in [1.82, 2.24) is 4.98 Å². The zero-order chi connectivity index (χ0) is 19.2. The molecule has 2 aromatic carbocycles. The molecule has 138 valence electrons. The van der Waals surface area contributed by atoms with Gasteiger partial charge in [-0.1, -0.05) is 18.2 Å². The summed E-state index contributed by atoms with van der Waals surface area (Å²) in [6, 6.07) is 17.7. The average molecular weight is 360 g/mol. The maximum absolute atomic E-state index is 5.99. The van der Waals surface area contributed by atoms with Crippen LogP contribution in [0.4, 0.5) is 5.69 Å². The van der Waals surface area contributed by atoms with E-state index in [0.29, 0.717) is 18.4 Å². The predicted octanol–water partition coefficient (Wildman–Crippen LogP) is 4.73. The number of nitrogens with two attached hydrogens (primary N) is 1. The quantitative estimate of drug-likeness (QED) is 0.510. The van der Waals surface area contributed by atoms with E-state index in [4.69, 9.17) is 10.5 Å². The Kier molecular flexibility index (Phi) is 5.71. The van der Waals surface area contributed by atoms with Crippen LogP contribution in [0.2, 0.25) is 0 Å². The summed E-state index contributed by atoms with van der Waals surface area (Å²) < 4.78 is 5.86. The second kappa shape index (κ2) is 8.36. The number of aromatic nitrogens is 1. The summed E-state index contributed by atoms with van der Waals surface area (Å²) in [4.78, 5) is 8.67. The van der Waals surface area contributed by atoms with Crippen LogP contribution in [0.25, 0.3) is 0 Å². The number of guanidine groups is 1. The number of nitrogens with one attached hydrogen (secondary N) is 1. The highest BCUT2D eigenvalue weighted by Crippen LogP contribution is 2.23. The average Bonchev–Trinajstić information content (AvgIpc) is 2.63. The number of aryl methyl sites for hydroxylation is 3. The molecule has 0 atom stereocenters. The fourth-order valence-corrected chi connectivity index (χ4v) is 2.59. The number of hydrogen-bond acceptors (Lipinski definition) is 3. The van der Waals surface area contributed by atoms with Crippen molar-refractivity contribution in [2.24, 2.45) is 10.7 Å². The molecule has 27 heavy (non-hydrogen) atoms. The lowest BCUT2D eigenvalue weighted by molar-refractivity contribution is 0.461. The Bertz CT molecular complexity index is 966. The lowest BCUT2D eigenvalue weighted by atomic mass is 10.1. The number of nitrogens with zero attached hydrogens (tertiary/aromatic N) is 2. The van der Waals surface area contributed by atoms with Crippen LogP contribution >= 0.6 is 0 Å². The van der Waals surface area contributed by atoms with Gasteiger partial charge < -0.3 is 15.8 Å². The molecule has 0 fully saturated rings. The number of rotatable bonds is 5. The molecule has 0 saturated carbocycles. The molecule has 0 bridgehead atoms. The minimum absolute atomic E-state index is 0.369. The van der Waals surface area contributed by atoms with E-state index in [1.807, 2.05) is 61.5 Å². The zero-order valence-corrected chi connectivity index (χ0v) is 15.9. The highest BCUT2D eigenvalue weighted by molar-refractivity contribution is 5.92. The number of benzene rings is 2. The Balaban J connectivity index is 1.65. The summed E-state index contributed by atoms with van der Waals surface area (Å²) in [6.07, 6.45) is 1.71. The SMILES string of the molecule is Cc1cccc(NC(N)=NCc2ccnc(Oc3ccc(C)c(C)c3)c2)c1. The molecule has 1 aromatic heterocycles. The molecule has 0 spiro atoms. The Morgan fingerprint density at radius 1 is 1.04 bits per heavy atom. The summed E-state index contributed by atoms with van der Waals surface area (Å²) in [6.45, 7) is 6.61. The number of aliphatic imine (C=N–C) groups is 1. The molecule has 0 aliphatic carbocycles. The van der Waals surface area contributed by atoms with Crippen LogP contribution < -0.4 is 15.8 Å². The van der Waals surface area contributed by atoms with Crippen molar-refractivity contribution in [3.8, 4) is 11.6 Å². The van der Waals surface area contributed by atoms with Crippen molar-refractivity contribution in [1.29, 1.82) is 0 Å². The number of hydrogen-bond donors (Lipinski definition) is 2. The summed E-state index contributed by atoms with van der Waals surface area (Å²) in [5, 5.41) is 3.10. The van der Waals surface area contributed by atoms with E-state index in [2.05, 4.69) is 29.1 Å². The first-order chi connectivity index (χ1) is 13.0. The van der Waals surface area contributed by atoms with Crippen LogP contribution in [-0.2, 0) is 6.54 Å². The molecule has 0 aliphatic heterocycles. The van der Waals surface area contributed by atoms with Gasteiger partial charge in [0.15, 0.2) is 5.96 Å². The van der Waals surface area contributed by atoms with Gasteiger partial charge in [-0.3, -0.25) is 0 Å². The Hall–Kier alpha value is -3.34. The van der Waals surface area contributed by atoms with Gasteiger partial charge in [-0.2, -0.15) is 0 Å². The van der Waals surface area contributed by atoms with Crippen molar-refractivity contribution >= 4 is 11.6 Å². The molecule has 3 aromatic rings. The van der Waals surface area contributed by atoms with Gasteiger partial charge in [0.2, 0.25) is 5.88 Å². The summed E-state index contributed by atoms with van der Waals surface area (Å²) in [7, 11) is 0. The van der Waals surface area contributed by atoms with E-state index < -0.39 is 0 Å². The van der Waals surface area contributed by atoms with E-state index in [1.54, 1.807) is 6.20 Å². The smallest absolute Gasteiger partial charge is 0.219 e. The Labute approximate surface area is 159 Å². The third kappa shape index (κ3) is 5.31. The summed E-state index contributed by atoms with van der Waals surface area (Å²) >= 11 is 0. The molecular formula is C22H24N4O. The van der Waals surface area contributed by atoms with Crippen LogP contribution in [-0.4, -0.2) is 10.9 Å². The monoisotopic (exact) mass is 360 g/mol. The zero-order valence-electron chi connectivity index (χ0n) is 15.9. The van der Waals surface area contributed by atoms with Crippen molar-refractivity contribution in [3.05, 3.63) is 83.0 Å². The maximum atomic E-state index is 5.99. The first-order valence-electron chi connectivity index (χ1n) is 8.83. The summed E-state index contributed by atoms with van der Waals surface area (Å²) in [5.41, 5.74) is 11.5. The largest absolute Gasteiger partial charge is 0.439 e. The van der Waals surface area contributed by atoms with E-state index >= 15 is 0 Å². The molecule has 0 aliphatic rings. The molecule has 1 heterocycles. The highest BCUT2D eigenvalue weighted by atomic mass is 16.5. The van der Waals surface area contributed by atoms with Gasteiger partial charge in [0.25, 0.3) is 0 Å². The minimum Gasteiger partial charge on any atom is -0.439 e. The molecule has 0 amide bonds. The molecule has 0 unspecified atom stereocenters. The third-order valence-corrected chi connectivity index (χ3v) is 4.22. The molecule has 3 N–H and O–H groups in total. The second-order valence-corrected chi connectivity index (χ2v) is 6.55. The van der Waals surface area contributed by atoms with Gasteiger partial charge in [0, 0.05) is 18.0 Å². The van der Waals surface area contributed by atoms with Crippen molar-refractivity contribution in [2.75, 3.05) is 5.32 Å². The highest BCUT2D eigenvalue weighted by Gasteiger charge is 2.03. The van der Waals surface area contributed by atoms with Crippen LogP contribution in [0, 0.1) is 20.8 Å². The van der Waals surface area contributed by atoms with Crippen LogP contribution in [0.3, 0.4) is 0 Å². The number of pyridine rings is 1. The maximum Gasteiger partial charge on any atom is 0.219 e. The van der Waals surface area contributed by atoms with Gasteiger partial charge in [-0.15, -0.1) is 0 Å². The van der Waals surface area contributed by atoms with Gasteiger partial charge in [-0.25, -0.2) is 9.98 Å². The lowest BCUT2D eigenvalue weighted by Gasteiger charge is -2.08. The third-order valence-electron chi connectivity index (χ3n) is 4.22. The van der Waals surface area contributed by atoms with E-state index in [-0.39, 0.29) is 0 Å². The first kappa shape index (κ1) is 18.5. The second-order valence-electron chi connectivity index (χ2n) is 6.55. The molecule has 3 rings (SSSR count). The van der Waals surface area contributed by atoms with Crippen molar-refractivity contribution in [2.45, 2.75) is 27.3 Å². The van der Waals surface area contributed by atoms with E-state index in [9.17, 15) is 0 Å². The predicted molar refractivity (Wildman–Crippen MR) is 110 cm³/mol. The van der Waals surface area contributed by atoms with E-state index in [1.165, 1.54) is 11.1 Å². The van der Waals surface area contributed by atoms with Crippen LogP contribution in [0.15, 0.2) is 65.8 Å². The lowest BCUT2D eigenvalue weighted by Crippen LogP contribution is -2.22. The Morgan fingerprint density at radius 3 is 2.67 bits per heavy atom. The molecule has 0 radical (unpaired) electrons. The van der Waals surface area contributed by atoms with Gasteiger partial charge in [0.1, 0.15) is 5.75 Å². The molecule has 0 saturated heterocycles. The fraction of sp³-hybridized carbons (Fsp3) is 0.182. The first-order valence-corrected chi connectivity index (χ1v) is 8.83. The normalized spacial score (nSPS) is 11.3. The van der Waals surface area contributed by atoms with Gasteiger partial charge >= 0.3 is 0 Å². The topological polar surface area (TPSA) is 72.5 Å². The molecule has 5 heteroatoms. The number of ether oxygens (including phenoxy) is 1. The van der Waals surface area contributed by atoms with Crippen LogP contribution in [0.5, 0.6) is 11.6 Å².